The van der Waals surface area contributed by atoms with Crippen LogP contribution in [0.3, 0.4) is 0 Å². The maximum Gasteiger partial charge on any atom is 0.472 e. The predicted molar refractivity (Wildman–Crippen MR) is 234 cm³/mol. The summed E-state index contributed by atoms with van der Waals surface area (Å²) in [5.74, 6) is -0.812. The molecule has 0 radical (unpaired) electrons. The van der Waals surface area contributed by atoms with Crippen LogP contribution in [0, 0.1) is 0 Å². The first kappa shape index (κ1) is 54.5. The highest BCUT2D eigenvalue weighted by atomic mass is 31.2. The van der Waals surface area contributed by atoms with Crippen LogP contribution < -0.4 is 0 Å². The Hall–Kier alpha value is -1.51. The Balaban J connectivity index is 4.35. The van der Waals surface area contributed by atoms with Gasteiger partial charge in [0.15, 0.2) is 6.10 Å². The van der Waals surface area contributed by atoms with Gasteiger partial charge in [0.05, 0.1) is 27.7 Å². The molecule has 0 aromatic carbocycles. The standard InChI is InChI=1S/C46H88NO8P/c1-6-8-10-12-14-16-18-20-22-24-26-28-30-32-34-36-38-45(48)52-42-44(43-54-56(50,51)53-41-40-47(3,4)5)55-46(49)39-37-35-33-31-29-27-25-23-21-19-17-15-13-11-9-7-2/h22-25,44H,6-21,26-43H2,1-5H3/p+1/b24-22+,25-23+. The summed E-state index contributed by atoms with van der Waals surface area (Å²) in [5, 5.41) is 0. The van der Waals surface area contributed by atoms with Crippen molar-refractivity contribution < 1.29 is 42.1 Å². The first-order chi connectivity index (χ1) is 27.0. The molecular formula is C46H89NO8P+. The third-order valence-electron chi connectivity index (χ3n) is 9.95. The molecule has 0 aliphatic heterocycles. The summed E-state index contributed by atoms with van der Waals surface area (Å²) in [7, 11) is 1.47. The lowest BCUT2D eigenvalue weighted by atomic mass is 10.1. The second-order valence-electron chi connectivity index (χ2n) is 16.8. The fourth-order valence-electron chi connectivity index (χ4n) is 6.30. The van der Waals surface area contributed by atoms with Crippen LogP contribution in [0.1, 0.15) is 206 Å². The van der Waals surface area contributed by atoms with E-state index in [9.17, 15) is 19.0 Å². The van der Waals surface area contributed by atoms with Crippen LogP contribution in [0.5, 0.6) is 0 Å². The second-order valence-corrected chi connectivity index (χ2v) is 18.2. The highest BCUT2D eigenvalue weighted by Crippen LogP contribution is 2.43. The molecule has 0 spiro atoms. The normalized spacial score (nSPS) is 13.8. The van der Waals surface area contributed by atoms with E-state index in [1.54, 1.807) is 0 Å². The molecule has 0 saturated carbocycles. The van der Waals surface area contributed by atoms with Gasteiger partial charge in [-0.15, -0.1) is 0 Å². The van der Waals surface area contributed by atoms with Crippen LogP contribution in [0.2, 0.25) is 0 Å². The molecule has 330 valence electrons. The number of unbranched alkanes of at least 4 members (excludes halogenated alkanes) is 24. The zero-order chi connectivity index (χ0) is 41.4. The molecule has 0 aromatic rings. The van der Waals surface area contributed by atoms with Gasteiger partial charge in [-0.25, -0.2) is 4.57 Å². The number of ether oxygens (including phenoxy) is 2. The highest BCUT2D eigenvalue weighted by Gasteiger charge is 2.27. The van der Waals surface area contributed by atoms with Crippen molar-refractivity contribution in [2.24, 2.45) is 0 Å². The second kappa shape index (κ2) is 39.0. The third kappa shape index (κ3) is 42.1. The zero-order valence-electron chi connectivity index (χ0n) is 37.1. The summed E-state index contributed by atoms with van der Waals surface area (Å²) >= 11 is 0. The number of nitrogens with zero attached hydrogens (tertiary/aromatic N) is 1. The number of hydrogen-bond donors (Lipinski definition) is 1. The Bertz CT molecular complexity index is 1010. The van der Waals surface area contributed by atoms with Crippen molar-refractivity contribution in [2.75, 3.05) is 47.5 Å². The molecule has 0 saturated heterocycles. The van der Waals surface area contributed by atoms with E-state index in [0.717, 1.165) is 70.6 Å². The number of quaternary nitrogens is 1. The van der Waals surface area contributed by atoms with Crippen molar-refractivity contribution in [1.82, 2.24) is 0 Å². The van der Waals surface area contributed by atoms with Crippen molar-refractivity contribution >= 4 is 19.8 Å². The number of esters is 2. The molecule has 1 N–H and O–H groups in total. The lowest BCUT2D eigenvalue weighted by molar-refractivity contribution is -0.870. The summed E-state index contributed by atoms with van der Waals surface area (Å²) in [4.78, 5) is 35.4. The van der Waals surface area contributed by atoms with Gasteiger partial charge in [0, 0.05) is 12.8 Å². The zero-order valence-corrected chi connectivity index (χ0v) is 38.0. The predicted octanol–water partition coefficient (Wildman–Crippen LogP) is 13.1. The molecule has 0 bridgehead atoms. The van der Waals surface area contributed by atoms with Crippen LogP contribution in [-0.2, 0) is 32.7 Å². The number of carbonyl (C=O) groups is 2. The minimum absolute atomic E-state index is 0.0300. The Labute approximate surface area is 345 Å². The van der Waals surface area contributed by atoms with Crippen molar-refractivity contribution in [3.63, 3.8) is 0 Å². The van der Waals surface area contributed by atoms with Crippen LogP contribution >= 0.6 is 7.82 Å². The monoisotopic (exact) mass is 815 g/mol. The number of phosphoric acid groups is 1. The average molecular weight is 815 g/mol. The summed E-state index contributed by atoms with van der Waals surface area (Å²) in [5.41, 5.74) is 0. The summed E-state index contributed by atoms with van der Waals surface area (Å²) < 4.78 is 34.3. The molecule has 0 rings (SSSR count). The fourth-order valence-corrected chi connectivity index (χ4v) is 7.04. The molecule has 10 heteroatoms. The molecule has 9 nitrogen and oxygen atoms in total. The van der Waals surface area contributed by atoms with Gasteiger partial charge in [-0.3, -0.25) is 18.6 Å². The number of carbonyl (C=O) groups excluding carboxylic acids is 2. The van der Waals surface area contributed by atoms with Crippen LogP contribution in [0.25, 0.3) is 0 Å². The fraction of sp³-hybridized carbons (Fsp3) is 0.870. The van der Waals surface area contributed by atoms with Gasteiger partial charge in [0.1, 0.15) is 19.8 Å². The van der Waals surface area contributed by atoms with Gasteiger partial charge in [-0.2, -0.15) is 0 Å². The molecule has 2 unspecified atom stereocenters. The number of allylic oxidation sites excluding steroid dienone is 4. The number of phosphoric ester groups is 1. The van der Waals surface area contributed by atoms with Gasteiger partial charge >= 0.3 is 19.8 Å². The van der Waals surface area contributed by atoms with Gasteiger partial charge < -0.3 is 18.9 Å². The molecule has 0 amide bonds. The van der Waals surface area contributed by atoms with Crippen LogP contribution in [0.15, 0.2) is 24.3 Å². The molecule has 0 heterocycles. The first-order valence-corrected chi connectivity index (χ1v) is 24.6. The van der Waals surface area contributed by atoms with Crippen LogP contribution in [-0.4, -0.2) is 74.9 Å². The molecule has 2 atom stereocenters. The number of hydrogen-bond acceptors (Lipinski definition) is 7. The average Bonchev–Trinajstić information content (AvgIpc) is 3.15. The minimum atomic E-state index is -4.38. The topological polar surface area (TPSA) is 108 Å². The van der Waals surface area contributed by atoms with Crippen molar-refractivity contribution in [3.05, 3.63) is 24.3 Å². The quantitative estimate of drug-likeness (QED) is 0.0213. The van der Waals surface area contributed by atoms with E-state index < -0.39 is 26.5 Å². The van der Waals surface area contributed by atoms with Gasteiger partial charge in [-0.05, 0) is 64.2 Å². The lowest BCUT2D eigenvalue weighted by Gasteiger charge is -2.24. The van der Waals surface area contributed by atoms with Gasteiger partial charge in [0.25, 0.3) is 0 Å². The summed E-state index contributed by atoms with van der Waals surface area (Å²) in [6, 6.07) is 0. The molecule has 0 aliphatic carbocycles. The first-order valence-electron chi connectivity index (χ1n) is 23.1. The van der Waals surface area contributed by atoms with Crippen molar-refractivity contribution in [1.29, 1.82) is 0 Å². The molecule has 56 heavy (non-hydrogen) atoms. The van der Waals surface area contributed by atoms with Crippen molar-refractivity contribution in [3.8, 4) is 0 Å². The van der Waals surface area contributed by atoms with E-state index in [2.05, 4.69) is 38.2 Å². The lowest BCUT2D eigenvalue weighted by Crippen LogP contribution is -2.37. The molecule has 0 aromatic heterocycles. The van der Waals surface area contributed by atoms with E-state index in [1.807, 2.05) is 21.1 Å². The Morgan fingerprint density at radius 3 is 1.32 bits per heavy atom. The summed E-state index contributed by atoms with van der Waals surface area (Å²) in [6.07, 6.45) is 42.2. The maximum atomic E-state index is 12.7. The highest BCUT2D eigenvalue weighted by molar-refractivity contribution is 7.47. The third-order valence-corrected chi connectivity index (χ3v) is 10.9. The van der Waals surface area contributed by atoms with Crippen molar-refractivity contribution in [2.45, 2.75) is 213 Å². The van der Waals surface area contributed by atoms with E-state index in [4.69, 9.17) is 18.5 Å². The van der Waals surface area contributed by atoms with E-state index >= 15 is 0 Å². The smallest absolute Gasteiger partial charge is 0.462 e. The SMILES string of the molecule is CCCCCCCCC/C=C/CCCCCCCC(=O)OCC(COP(=O)(O)OCC[N+](C)(C)C)OC(=O)CCCCCCC/C=C/CCCCCCCCC. The Kier molecular flexibility index (Phi) is 37.9. The van der Waals surface area contributed by atoms with E-state index in [0.29, 0.717) is 17.4 Å². The minimum Gasteiger partial charge on any atom is -0.462 e. The Morgan fingerprint density at radius 2 is 0.911 bits per heavy atom. The van der Waals surface area contributed by atoms with E-state index in [-0.39, 0.29) is 32.0 Å². The molecule has 0 aliphatic rings. The van der Waals surface area contributed by atoms with E-state index in [1.165, 1.54) is 103 Å². The summed E-state index contributed by atoms with van der Waals surface area (Å²) in [6.45, 7) is 4.41. The largest absolute Gasteiger partial charge is 0.472 e. The molecular weight excluding hydrogens is 725 g/mol. The maximum absolute atomic E-state index is 12.7. The number of rotatable bonds is 42. The van der Waals surface area contributed by atoms with Crippen LogP contribution in [0.4, 0.5) is 0 Å². The van der Waals surface area contributed by atoms with Gasteiger partial charge in [0.2, 0.25) is 0 Å². The Morgan fingerprint density at radius 1 is 0.536 bits per heavy atom. The van der Waals surface area contributed by atoms with Gasteiger partial charge in [-0.1, -0.05) is 154 Å². The number of likely N-dealkylation sites (N-methyl/N-ethyl adjacent to an activating group) is 1. The molecule has 0 fully saturated rings.